The molecule has 3 aromatic rings. The number of nitrogens with zero attached hydrogens (tertiary/aromatic N) is 4. The summed E-state index contributed by atoms with van der Waals surface area (Å²) >= 11 is 0. The first kappa shape index (κ1) is 17.1. The molecule has 4 heterocycles. The first-order chi connectivity index (χ1) is 13.2. The van der Waals surface area contributed by atoms with Crippen LogP contribution in [0.15, 0.2) is 51.7 Å². The van der Waals surface area contributed by atoms with Gasteiger partial charge in [0, 0.05) is 37.9 Å². The van der Waals surface area contributed by atoms with Crippen molar-refractivity contribution >= 4 is 17.7 Å². The van der Waals surface area contributed by atoms with Crippen molar-refractivity contribution in [2.45, 2.75) is 13.5 Å². The van der Waals surface area contributed by atoms with Gasteiger partial charge in [-0.15, -0.1) is 0 Å². The van der Waals surface area contributed by atoms with Crippen molar-refractivity contribution in [3.63, 3.8) is 0 Å². The molecule has 140 valence electrons. The van der Waals surface area contributed by atoms with Gasteiger partial charge in [-0.3, -0.25) is 4.79 Å². The summed E-state index contributed by atoms with van der Waals surface area (Å²) in [7, 11) is 0. The fraction of sp³-hybridized carbons (Fsp3) is 0.316. The summed E-state index contributed by atoms with van der Waals surface area (Å²) in [6.07, 6.45) is 3.16. The van der Waals surface area contributed by atoms with E-state index in [1.807, 2.05) is 25.1 Å². The van der Waals surface area contributed by atoms with E-state index >= 15 is 0 Å². The van der Waals surface area contributed by atoms with Crippen LogP contribution < -0.4 is 10.2 Å². The molecule has 8 nitrogen and oxygen atoms in total. The van der Waals surface area contributed by atoms with Crippen LogP contribution in [0.2, 0.25) is 0 Å². The zero-order valence-electron chi connectivity index (χ0n) is 15.1. The number of aryl methyl sites for hydroxylation is 1. The smallest absolute Gasteiger partial charge is 0.289 e. The first-order valence-electron chi connectivity index (χ1n) is 8.89. The normalized spacial score (nSPS) is 14.4. The van der Waals surface area contributed by atoms with Crippen LogP contribution in [0.1, 0.15) is 22.0 Å². The Hall–Kier alpha value is -3.29. The minimum atomic E-state index is -0.0701. The predicted molar refractivity (Wildman–Crippen MR) is 99.6 cm³/mol. The standard InChI is InChI=1S/C19H21N5O3/c1-14-12-17(22-19(21-14)20-13-15-4-2-10-26-15)23-6-8-24(9-7-23)18(25)16-5-3-11-27-16/h2-5,10-12H,6-9,13H2,1H3,(H,20,21,22). The van der Waals surface area contributed by atoms with Gasteiger partial charge >= 0.3 is 0 Å². The number of hydrogen-bond donors (Lipinski definition) is 1. The topological polar surface area (TPSA) is 87.6 Å². The molecule has 0 aromatic carbocycles. The molecule has 0 atom stereocenters. The number of aromatic nitrogens is 2. The Labute approximate surface area is 156 Å². The van der Waals surface area contributed by atoms with E-state index in [4.69, 9.17) is 8.83 Å². The Morgan fingerprint density at radius 3 is 2.59 bits per heavy atom. The quantitative estimate of drug-likeness (QED) is 0.741. The van der Waals surface area contributed by atoms with Gasteiger partial charge in [0.15, 0.2) is 5.76 Å². The third-order valence-corrected chi connectivity index (χ3v) is 4.46. The molecule has 0 bridgehead atoms. The predicted octanol–water partition coefficient (Wildman–Crippen LogP) is 2.55. The Morgan fingerprint density at radius 2 is 1.89 bits per heavy atom. The van der Waals surface area contributed by atoms with Crippen molar-refractivity contribution in [2.24, 2.45) is 0 Å². The Bertz CT molecular complexity index is 884. The molecule has 27 heavy (non-hydrogen) atoms. The molecule has 1 amide bonds. The minimum absolute atomic E-state index is 0.0701. The van der Waals surface area contributed by atoms with Crippen LogP contribution in [0.4, 0.5) is 11.8 Å². The number of furan rings is 2. The third-order valence-electron chi connectivity index (χ3n) is 4.46. The highest BCUT2D eigenvalue weighted by atomic mass is 16.3. The Balaban J connectivity index is 1.39. The molecule has 1 saturated heterocycles. The molecule has 8 heteroatoms. The Morgan fingerprint density at radius 1 is 1.11 bits per heavy atom. The lowest BCUT2D eigenvalue weighted by Crippen LogP contribution is -2.49. The van der Waals surface area contributed by atoms with Gasteiger partial charge in [0.2, 0.25) is 5.95 Å². The van der Waals surface area contributed by atoms with Gasteiger partial charge in [0.25, 0.3) is 5.91 Å². The van der Waals surface area contributed by atoms with Gasteiger partial charge in [0.05, 0.1) is 19.1 Å². The van der Waals surface area contributed by atoms with Gasteiger partial charge in [0.1, 0.15) is 11.6 Å². The lowest BCUT2D eigenvalue weighted by Gasteiger charge is -2.35. The van der Waals surface area contributed by atoms with Gasteiger partial charge in [-0.1, -0.05) is 0 Å². The van der Waals surface area contributed by atoms with Crippen LogP contribution in [0.3, 0.4) is 0 Å². The number of piperazine rings is 1. The van der Waals surface area contributed by atoms with Gasteiger partial charge in [-0.25, -0.2) is 4.98 Å². The summed E-state index contributed by atoms with van der Waals surface area (Å²) in [5, 5.41) is 3.19. The van der Waals surface area contributed by atoms with Crippen molar-refractivity contribution in [3.05, 3.63) is 60.1 Å². The molecular formula is C19H21N5O3. The molecule has 0 unspecified atom stereocenters. The SMILES string of the molecule is Cc1cc(N2CCN(C(=O)c3ccco3)CC2)nc(NCc2ccco2)n1. The second-order valence-corrected chi connectivity index (χ2v) is 6.38. The molecular weight excluding hydrogens is 346 g/mol. The van der Waals surface area contributed by atoms with Gasteiger partial charge < -0.3 is 24.0 Å². The number of carbonyl (C=O) groups excluding carboxylic acids is 1. The van der Waals surface area contributed by atoms with Crippen LogP contribution in [0.25, 0.3) is 0 Å². The van der Waals surface area contributed by atoms with Crippen LogP contribution in [-0.2, 0) is 6.54 Å². The lowest BCUT2D eigenvalue weighted by molar-refractivity contribution is 0.0714. The number of amides is 1. The van der Waals surface area contributed by atoms with Crippen molar-refractivity contribution in [3.8, 4) is 0 Å². The maximum absolute atomic E-state index is 12.4. The molecule has 1 N–H and O–H groups in total. The third kappa shape index (κ3) is 3.94. The van der Waals surface area contributed by atoms with E-state index in [0.29, 0.717) is 44.4 Å². The summed E-state index contributed by atoms with van der Waals surface area (Å²) in [6, 6.07) is 9.13. The molecule has 1 fully saturated rings. The van der Waals surface area contributed by atoms with E-state index in [-0.39, 0.29) is 5.91 Å². The van der Waals surface area contributed by atoms with E-state index in [2.05, 4.69) is 20.2 Å². The summed E-state index contributed by atoms with van der Waals surface area (Å²) in [5.41, 5.74) is 0.885. The van der Waals surface area contributed by atoms with Crippen molar-refractivity contribution in [1.82, 2.24) is 14.9 Å². The van der Waals surface area contributed by atoms with E-state index in [0.717, 1.165) is 17.3 Å². The highest BCUT2D eigenvalue weighted by molar-refractivity contribution is 5.91. The molecule has 1 aliphatic heterocycles. The highest BCUT2D eigenvalue weighted by Crippen LogP contribution is 2.18. The van der Waals surface area contributed by atoms with Gasteiger partial charge in [-0.05, 0) is 31.2 Å². The van der Waals surface area contributed by atoms with Crippen LogP contribution in [0.5, 0.6) is 0 Å². The van der Waals surface area contributed by atoms with E-state index in [1.165, 1.54) is 6.26 Å². The zero-order valence-corrected chi connectivity index (χ0v) is 15.1. The summed E-state index contributed by atoms with van der Waals surface area (Å²) < 4.78 is 10.5. The maximum atomic E-state index is 12.4. The number of hydrogen-bond acceptors (Lipinski definition) is 7. The summed E-state index contributed by atoms with van der Waals surface area (Å²) in [6.45, 7) is 5.14. The first-order valence-corrected chi connectivity index (χ1v) is 8.89. The maximum Gasteiger partial charge on any atom is 0.289 e. The zero-order chi connectivity index (χ0) is 18.6. The fourth-order valence-corrected chi connectivity index (χ4v) is 3.07. The molecule has 0 radical (unpaired) electrons. The summed E-state index contributed by atoms with van der Waals surface area (Å²) in [5.74, 6) is 2.56. The number of rotatable bonds is 5. The van der Waals surface area contributed by atoms with Crippen molar-refractivity contribution in [2.75, 3.05) is 36.4 Å². The average molecular weight is 367 g/mol. The largest absolute Gasteiger partial charge is 0.467 e. The molecule has 0 aliphatic carbocycles. The summed E-state index contributed by atoms with van der Waals surface area (Å²) in [4.78, 5) is 25.4. The minimum Gasteiger partial charge on any atom is -0.467 e. The van der Waals surface area contributed by atoms with Gasteiger partial charge in [-0.2, -0.15) is 4.98 Å². The lowest BCUT2D eigenvalue weighted by atomic mass is 10.2. The molecule has 1 aliphatic rings. The molecule has 3 aromatic heterocycles. The van der Waals surface area contributed by atoms with E-state index in [1.54, 1.807) is 23.3 Å². The molecule has 4 rings (SSSR count). The van der Waals surface area contributed by atoms with Crippen LogP contribution in [-0.4, -0.2) is 47.0 Å². The van der Waals surface area contributed by atoms with E-state index in [9.17, 15) is 4.79 Å². The van der Waals surface area contributed by atoms with Crippen molar-refractivity contribution in [1.29, 1.82) is 0 Å². The molecule has 0 saturated carbocycles. The highest BCUT2D eigenvalue weighted by Gasteiger charge is 2.24. The monoisotopic (exact) mass is 367 g/mol. The van der Waals surface area contributed by atoms with Crippen LogP contribution in [0, 0.1) is 6.92 Å². The second-order valence-electron chi connectivity index (χ2n) is 6.38. The second kappa shape index (κ2) is 7.53. The number of nitrogens with one attached hydrogen (secondary N) is 1. The number of carbonyl (C=O) groups is 1. The Kier molecular flexibility index (Phi) is 4.78. The fourth-order valence-electron chi connectivity index (χ4n) is 3.07. The average Bonchev–Trinajstić information content (AvgIpc) is 3.39. The number of anilines is 2. The molecule has 0 spiro atoms. The van der Waals surface area contributed by atoms with Crippen LogP contribution >= 0.6 is 0 Å². The van der Waals surface area contributed by atoms with E-state index < -0.39 is 0 Å². The van der Waals surface area contributed by atoms with Crippen molar-refractivity contribution < 1.29 is 13.6 Å².